The van der Waals surface area contributed by atoms with Crippen LogP contribution in [-0.2, 0) is 9.53 Å². The van der Waals surface area contributed by atoms with E-state index in [0.717, 1.165) is 12.8 Å². The summed E-state index contributed by atoms with van der Waals surface area (Å²) >= 11 is 0. The fourth-order valence-electron chi connectivity index (χ4n) is 2.31. The average Bonchev–Trinajstić information content (AvgIpc) is 2.70. The molecule has 0 aromatic rings. The minimum Gasteiger partial charge on any atom is -0.481 e. The molecule has 2 atom stereocenters. The van der Waals surface area contributed by atoms with Gasteiger partial charge in [-0.2, -0.15) is 0 Å². The number of cyclic esters (lactones) is 1. The molecule has 1 saturated heterocycles. The SMILES string of the molecule is O=C(O)C1CCCC1N1CCOC1=O. The standard InChI is InChI=1S/C9H13NO4/c11-8(12)6-2-1-3-7(6)10-4-5-14-9(10)13/h6-7H,1-5H2,(H,11,12). The fourth-order valence-corrected chi connectivity index (χ4v) is 2.31. The van der Waals surface area contributed by atoms with Crippen molar-refractivity contribution in [3.8, 4) is 0 Å². The minimum absolute atomic E-state index is 0.150. The van der Waals surface area contributed by atoms with Crippen LogP contribution in [0.5, 0.6) is 0 Å². The molecule has 1 aliphatic carbocycles. The first-order valence-corrected chi connectivity index (χ1v) is 4.86. The van der Waals surface area contributed by atoms with E-state index >= 15 is 0 Å². The van der Waals surface area contributed by atoms with Crippen LogP contribution in [0.2, 0.25) is 0 Å². The van der Waals surface area contributed by atoms with Crippen molar-refractivity contribution < 1.29 is 19.4 Å². The van der Waals surface area contributed by atoms with Crippen LogP contribution in [0.25, 0.3) is 0 Å². The molecule has 2 aliphatic rings. The second kappa shape index (κ2) is 3.48. The summed E-state index contributed by atoms with van der Waals surface area (Å²) in [6, 6.07) is -0.150. The van der Waals surface area contributed by atoms with Crippen LogP contribution < -0.4 is 0 Å². The summed E-state index contributed by atoms with van der Waals surface area (Å²) in [5, 5.41) is 8.95. The second-order valence-electron chi connectivity index (χ2n) is 3.75. The third kappa shape index (κ3) is 1.42. The van der Waals surface area contributed by atoms with Crippen LogP contribution in [0, 0.1) is 5.92 Å². The first-order valence-electron chi connectivity index (χ1n) is 4.86. The van der Waals surface area contributed by atoms with Crippen molar-refractivity contribution in [3.63, 3.8) is 0 Å². The lowest BCUT2D eigenvalue weighted by Crippen LogP contribution is -2.41. The molecule has 2 unspecified atom stereocenters. The molecule has 2 rings (SSSR count). The van der Waals surface area contributed by atoms with E-state index in [0.29, 0.717) is 19.6 Å². The van der Waals surface area contributed by atoms with E-state index < -0.39 is 11.9 Å². The van der Waals surface area contributed by atoms with Gasteiger partial charge in [0.05, 0.1) is 12.5 Å². The van der Waals surface area contributed by atoms with Gasteiger partial charge in [0.1, 0.15) is 6.61 Å². The molecule has 1 heterocycles. The second-order valence-corrected chi connectivity index (χ2v) is 3.75. The van der Waals surface area contributed by atoms with Crippen molar-refractivity contribution in [1.29, 1.82) is 0 Å². The average molecular weight is 199 g/mol. The lowest BCUT2D eigenvalue weighted by atomic mass is 10.0. The zero-order valence-electron chi connectivity index (χ0n) is 7.81. The number of carbonyl (C=O) groups excluding carboxylic acids is 1. The van der Waals surface area contributed by atoms with Gasteiger partial charge in [-0.15, -0.1) is 0 Å². The third-order valence-corrected chi connectivity index (χ3v) is 2.99. The molecule has 1 saturated carbocycles. The quantitative estimate of drug-likeness (QED) is 0.710. The molecule has 14 heavy (non-hydrogen) atoms. The summed E-state index contributed by atoms with van der Waals surface area (Å²) in [5.41, 5.74) is 0. The number of aliphatic carboxylic acids is 1. The number of ether oxygens (including phenoxy) is 1. The highest BCUT2D eigenvalue weighted by atomic mass is 16.6. The Morgan fingerprint density at radius 2 is 2.29 bits per heavy atom. The van der Waals surface area contributed by atoms with Gasteiger partial charge in [0.2, 0.25) is 0 Å². The Balaban J connectivity index is 2.09. The molecule has 0 aromatic heterocycles. The van der Waals surface area contributed by atoms with Crippen molar-refractivity contribution in [2.75, 3.05) is 13.2 Å². The van der Waals surface area contributed by atoms with E-state index in [2.05, 4.69) is 0 Å². The monoisotopic (exact) mass is 199 g/mol. The zero-order valence-corrected chi connectivity index (χ0v) is 7.81. The maximum absolute atomic E-state index is 11.2. The van der Waals surface area contributed by atoms with E-state index in [4.69, 9.17) is 9.84 Å². The van der Waals surface area contributed by atoms with Gasteiger partial charge >= 0.3 is 12.1 Å². The van der Waals surface area contributed by atoms with Gasteiger partial charge < -0.3 is 14.7 Å². The predicted octanol–water partition coefficient (Wildman–Crippen LogP) is 0.692. The van der Waals surface area contributed by atoms with E-state index in [1.165, 1.54) is 0 Å². The largest absolute Gasteiger partial charge is 0.481 e. The van der Waals surface area contributed by atoms with Gasteiger partial charge in [-0.1, -0.05) is 6.42 Å². The molecule has 2 fully saturated rings. The maximum Gasteiger partial charge on any atom is 0.410 e. The van der Waals surface area contributed by atoms with Gasteiger partial charge in [-0.05, 0) is 12.8 Å². The van der Waals surface area contributed by atoms with E-state index in [1.807, 2.05) is 0 Å². The molecule has 0 bridgehead atoms. The number of hydrogen-bond donors (Lipinski definition) is 1. The highest BCUT2D eigenvalue weighted by molar-refractivity contribution is 5.74. The van der Waals surface area contributed by atoms with E-state index in [-0.39, 0.29) is 12.1 Å². The van der Waals surface area contributed by atoms with Crippen molar-refractivity contribution in [2.45, 2.75) is 25.3 Å². The molecule has 5 nitrogen and oxygen atoms in total. The molecule has 5 heteroatoms. The zero-order chi connectivity index (χ0) is 10.1. The lowest BCUT2D eigenvalue weighted by Gasteiger charge is -2.24. The lowest BCUT2D eigenvalue weighted by molar-refractivity contribution is -0.142. The molecule has 1 amide bonds. The summed E-state index contributed by atoms with van der Waals surface area (Å²) < 4.78 is 4.80. The molecule has 0 aromatic carbocycles. The van der Waals surface area contributed by atoms with Crippen LogP contribution >= 0.6 is 0 Å². The smallest absolute Gasteiger partial charge is 0.410 e. The number of carbonyl (C=O) groups is 2. The van der Waals surface area contributed by atoms with Crippen molar-refractivity contribution in [2.24, 2.45) is 5.92 Å². The van der Waals surface area contributed by atoms with Crippen LogP contribution in [-0.4, -0.2) is 41.3 Å². The number of carboxylic acid groups (broad SMARTS) is 1. The molecular weight excluding hydrogens is 186 g/mol. The Hall–Kier alpha value is -1.26. The topological polar surface area (TPSA) is 66.8 Å². The van der Waals surface area contributed by atoms with Crippen LogP contribution in [0.4, 0.5) is 4.79 Å². The normalized spacial score (nSPS) is 32.0. The summed E-state index contributed by atoms with van der Waals surface area (Å²) in [7, 11) is 0. The predicted molar refractivity (Wildman–Crippen MR) is 46.8 cm³/mol. The van der Waals surface area contributed by atoms with Gasteiger partial charge in [0.15, 0.2) is 0 Å². The Morgan fingerprint density at radius 1 is 1.50 bits per heavy atom. The molecular formula is C9H13NO4. The van der Waals surface area contributed by atoms with Gasteiger partial charge in [0.25, 0.3) is 0 Å². The van der Waals surface area contributed by atoms with Crippen LogP contribution in [0.15, 0.2) is 0 Å². The number of nitrogens with zero attached hydrogens (tertiary/aromatic N) is 1. The van der Waals surface area contributed by atoms with Crippen molar-refractivity contribution >= 4 is 12.1 Å². The highest BCUT2D eigenvalue weighted by Gasteiger charge is 2.41. The Morgan fingerprint density at radius 3 is 2.86 bits per heavy atom. The summed E-state index contributed by atoms with van der Waals surface area (Å²) in [6.07, 6.45) is 1.98. The Kier molecular flexibility index (Phi) is 2.31. The Labute approximate surface area is 81.6 Å². The van der Waals surface area contributed by atoms with Gasteiger partial charge in [-0.25, -0.2) is 4.79 Å². The van der Waals surface area contributed by atoms with Crippen molar-refractivity contribution in [1.82, 2.24) is 4.90 Å². The fraction of sp³-hybridized carbons (Fsp3) is 0.778. The molecule has 78 valence electrons. The maximum atomic E-state index is 11.2. The molecule has 0 radical (unpaired) electrons. The summed E-state index contributed by atoms with van der Waals surface area (Å²) in [6.45, 7) is 0.926. The highest BCUT2D eigenvalue weighted by Crippen LogP contribution is 2.31. The van der Waals surface area contributed by atoms with Crippen molar-refractivity contribution in [3.05, 3.63) is 0 Å². The first-order chi connectivity index (χ1) is 6.70. The first kappa shape index (κ1) is 9.30. The van der Waals surface area contributed by atoms with Gasteiger partial charge in [-0.3, -0.25) is 4.79 Å². The number of rotatable bonds is 2. The van der Waals surface area contributed by atoms with E-state index in [9.17, 15) is 9.59 Å². The third-order valence-electron chi connectivity index (χ3n) is 2.99. The minimum atomic E-state index is -0.799. The molecule has 1 aliphatic heterocycles. The summed E-state index contributed by atoms with van der Waals surface area (Å²) in [5.74, 6) is -1.20. The van der Waals surface area contributed by atoms with Gasteiger partial charge in [0, 0.05) is 6.04 Å². The number of carboxylic acids is 1. The van der Waals surface area contributed by atoms with E-state index in [1.54, 1.807) is 4.90 Å². The van der Waals surface area contributed by atoms with Crippen LogP contribution in [0.1, 0.15) is 19.3 Å². The number of hydrogen-bond acceptors (Lipinski definition) is 3. The molecule has 1 N–H and O–H groups in total. The number of amides is 1. The Bertz CT molecular complexity index is 266. The molecule has 0 spiro atoms. The summed E-state index contributed by atoms with van der Waals surface area (Å²) in [4.78, 5) is 23.7. The van der Waals surface area contributed by atoms with Crippen LogP contribution in [0.3, 0.4) is 0 Å².